The molecular formula is C16H17FN2O2. The maximum atomic E-state index is 13.6. The van der Waals surface area contributed by atoms with E-state index in [0.29, 0.717) is 5.56 Å². The molecule has 1 saturated heterocycles. The second-order valence-corrected chi connectivity index (χ2v) is 5.67. The first-order valence-electron chi connectivity index (χ1n) is 6.67. The fourth-order valence-corrected chi connectivity index (χ4v) is 2.28. The summed E-state index contributed by atoms with van der Waals surface area (Å²) >= 11 is 0. The number of hydrogen-bond acceptors (Lipinski definition) is 3. The smallest absolute Gasteiger partial charge is 0.235 e. The lowest BCUT2D eigenvalue weighted by Crippen LogP contribution is -2.32. The first kappa shape index (κ1) is 15.2. The third kappa shape index (κ3) is 3.11. The van der Waals surface area contributed by atoms with Crippen molar-refractivity contribution in [2.45, 2.75) is 26.8 Å². The molecule has 1 heterocycles. The largest absolute Gasteiger partial charge is 0.320 e. The van der Waals surface area contributed by atoms with Crippen LogP contribution in [-0.2, 0) is 16.1 Å². The van der Waals surface area contributed by atoms with Gasteiger partial charge < -0.3 is 5.73 Å². The summed E-state index contributed by atoms with van der Waals surface area (Å²) in [5.41, 5.74) is 5.48. The molecular weight excluding hydrogens is 271 g/mol. The number of carbonyl (C=O) groups excluding carboxylic acids is 2. The minimum absolute atomic E-state index is 0.138. The third-order valence-corrected chi connectivity index (χ3v) is 3.41. The zero-order valence-electron chi connectivity index (χ0n) is 12.1. The average Bonchev–Trinajstić information content (AvgIpc) is 2.61. The zero-order chi connectivity index (χ0) is 15.6. The van der Waals surface area contributed by atoms with Gasteiger partial charge >= 0.3 is 0 Å². The molecule has 1 aliphatic rings. The van der Waals surface area contributed by atoms with Crippen LogP contribution in [0.25, 0.3) is 0 Å². The molecule has 2 amide bonds. The molecule has 0 saturated carbocycles. The van der Waals surface area contributed by atoms with Gasteiger partial charge in [0.15, 0.2) is 0 Å². The highest BCUT2D eigenvalue weighted by atomic mass is 19.1. The molecule has 0 unspecified atom stereocenters. The van der Waals surface area contributed by atoms with Crippen LogP contribution in [0.1, 0.15) is 31.4 Å². The topological polar surface area (TPSA) is 63.4 Å². The van der Waals surface area contributed by atoms with Crippen LogP contribution in [0.2, 0.25) is 0 Å². The Bertz CT molecular complexity index is 656. The lowest BCUT2D eigenvalue weighted by Gasteiger charge is -2.18. The van der Waals surface area contributed by atoms with Gasteiger partial charge in [0.2, 0.25) is 11.8 Å². The monoisotopic (exact) mass is 288 g/mol. The molecule has 4 nitrogen and oxygen atoms in total. The van der Waals surface area contributed by atoms with E-state index < -0.39 is 11.2 Å². The Morgan fingerprint density at radius 3 is 2.67 bits per heavy atom. The summed E-state index contributed by atoms with van der Waals surface area (Å²) in [4.78, 5) is 25.3. The van der Waals surface area contributed by atoms with Gasteiger partial charge in [0.1, 0.15) is 5.82 Å². The van der Waals surface area contributed by atoms with Gasteiger partial charge in [0, 0.05) is 6.42 Å². The number of imide groups is 1. The van der Waals surface area contributed by atoms with Crippen LogP contribution in [0, 0.1) is 23.1 Å². The zero-order valence-corrected chi connectivity index (χ0v) is 12.1. The van der Waals surface area contributed by atoms with E-state index >= 15 is 0 Å². The van der Waals surface area contributed by atoms with Crippen LogP contribution in [0.3, 0.4) is 0 Å². The number of amides is 2. The minimum atomic E-state index is -0.667. The Balaban J connectivity index is 2.25. The Hall–Kier alpha value is -2.19. The number of nitrogens with two attached hydrogens (primary N) is 1. The van der Waals surface area contributed by atoms with Crippen LogP contribution < -0.4 is 5.73 Å². The van der Waals surface area contributed by atoms with E-state index in [1.807, 2.05) is 0 Å². The molecule has 1 aliphatic heterocycles. The summed E-state index contributed by atoms with van der Waals surface area (Å²) in [6, 6.07) is 4.38. The van der Waals surface area contributed by atoms with Crippen LogP contribution in [-0.4, -0.2) is 23.3 Å². The first-order valence-corrected chi connectivity index (χ1v) is 6.67. The van der Waals surface area contributed by atoms with Crippen LogP contribution in [0.15, 0.2) is 18.2 Å². The second kappa shape index (κ2) is 5.66. The second-order valence-electron chi connectivity index (χ2n) is 5.67. The fourth-order valence-electron chi connectivity index (χ4n) is 2.28. The van der Waals surface area contributed by atoms with E-state index in [1.165, 1.54) is 11.0 Å². The number of hydrogen-bond donors (Lipinski definition) is 1. The van der Waals surface area contributed by atoms with Crippen molar-refractivity contribution >= 4 is 11.8 Å². The van der Waals surface area contributed by atoms with E-state index in [2.05, 4.69) is 11.8 Å². The average molecular weight is 288 g/mol. The van der Waals surface area contributed by atoms with Crippen LogP contribution >= 0.6 is 0 Å². The fraction of sp³-hybridized carbons (Fsp3) is 0.375. The number of likely N-dealkylation sites (tertiary alicyclic amines) is 1. The number of carbonyl (C=O) groups is 2. The van der Waals surface area contributed by atoms with Crippen molar-refractivity contribution in [1.29, 1.82) is 0 Å². The van der Waals surface area contributed by atoms with Crippen molar-refractivity contribution in [1.82, 2.24) is 4.90 Å². The summed E-state index contributed by atoms with van der Waals surface area (Å²) in [7, 11) is 0. The molecule has 0 aliphatic carbocycles. The highest BCUT2D eigenvalue weighted by Gasteiger charge is 2.44. The lowest BCUT2D eigenvalue weighted by atomic mass is 9.92. The summed E-state index contributed by atoms with van der Waals surface area (Å²) in [6.07, 6.45) is 0.201. The molecule has 0 spiro atoms. The van der Waals surface area contributed by atoms with E-state index in [4.69, 9.17) is 5.73 Å². The molecule has 0 aromatic heterocycles. The number of rotatable bonds is 2. The molecule has 1 aromatic carbocycles. The van der Waals surface area contributed by atoms with Crippen LogP contribution in [0.5, 0.6) is 0 Å². The Kier molecular flexibility index (Phi) is 4.10. The summed E-state index contributed by atoms with van der Waals surface area (Å²) in [5, 5.41) is 0. The quantitative estimate of drug-likeness (QED) is 0.661. The molecule has 0 atom stereocenters. The van der Waals surface area contributed by atoms with E-state index in [-0.39, 0.29) is 36.9 Å². The summed E-state index contributed by atoms with van der Waals surface area (Å²) in [6.45, 7) is 3.77. The molecule has 110 valence electrons. The lowest BCUT2D eigenvalue weighted by molar-refractivity contribution is -0.141. The maximum Gasteiger partial charge on any atom is 0.235 e. The molecule has 2 N–H and O–H groups in total. The number of nitrogens with zero attached hydrogens (tertiary/aromatic N) is 1. The van der Waals surface area contributed by atoms with Gasteiger partial charge in [0.25, 0.3) is 0 Å². The summed E-state index contributed by atoms with van der Waals surface area (Å²) in [5.74, 6) is 4.37. The molecule has 1 aromatic rings. The Morgan fingerprint density at radius 2 is 2.10 bits per heavy atom. The van der Waals surface area contributed by atoms with E-state index in [0.717, 1.165) is 0 Å². The molecule has 5 heteroatoms. The maximum absolute atomic E-state index is 13.6. The number of benzene rings is 1. The third-order valence-electron chi connectivity index (χ3n) is 3.41. The molecule has 0 radical (unpaired) electrons. The van der Waals surface area contributed by atoms with Crippen LogP contribution in [0.4, 0.5) is 4.39 Å². The van der Waals surface area contributed by atoms with Crippen molar-refractivity contribution in [3.63, 3.8) is 0 Å². The van der Waals surface area contributed by atoms with Gasteiger partial charge in [-0.1, -0.05) is 31.8 Å². The highest BCUT2D eigenvalue weighted by molar-refractivity contribution is 6.05. The Morgan fingerprint density at radius 1 is 1.38 bits per heavy atom. The van der Waals surface area contributed by atoms with Crippen molar-refractivity contribution in [2.24, 2.45) is 11.1 Å². The van der Waals surface area contributed by atoms with Gasteiger partial charge in [-0.15, -0.1) is 0 Å². The molecule has 1 fully saturated rings. The van der Waals surface area contributed by atoms with Gasteiger partial charge in [-0.25, -0.2) is 4.39 Å². The highest BCUT2D eigenvalue weighted by Crippen LogP contribution is 2.32. The van der Waals surface area contributed by atoms with E-state index in [9.17, 15) is 14.0 Å². The Labute approximate surface area is 123 Å². The van der Waals surface area contributed by atoms with Crippen molar-refractivity contribution in [3.8, 4) is 11.8 Å². The van der Waals surface area contributed by atoms with Crippen molar-refractivity contribution < 1.29 is 14.0 Å². The van der Waals surface area contributed by atoms with E-state index in [1.54, 1.807) is 26.0 Å². The molecule has 0 bridgehead atoms. The van der Waals surface area contributed by atoms with Gasteiger partial charge in [-0.2, -0.15) is 0 Å². The molecule has 2 rings (SSSR count). The van der Waals surface area contributed by atoms with Crippen molar-refractivity contribution in [2.75, 3.05) is 6.54 Å². The normalized spacial score (nSPS) is 16.9. The number of halogens is 1. The molecule has 21 heavy (non-hydrogen) atoms. The minimum Gasteiger partial charge on any atom is -0.320 e. The summed E-state index contributed by atoms with van der Waals surface area (Å²) < 4.78 is 13.6. The standard InChI is InChI=1S/C16H17FN2O2/c1-16(2)9-14(20)19(15(16)21)10-11-5-6-13(17)12(8-11)4-3-7-18/h5-6,8H,7,9-10,18H2,1-2H3. The van der Waals surface area contributed by atoms with Crippen molar-refractivity contribution in [3.05, 3.63) is 35.1 Å². The van der Waals surface area contributed by atoms with Gasteiger partial charge in [0.05, 0.1) is 24.1 Å². The van der Waals surface area contributed by atoms with Gasteiger partial charge in [-0.05, 0) is 17.7 Å². The first-order chi connectivity index (χ1) is 9.85. The predicted molar refractivity (Wildman–Crippen MR) is 76.3 cm³/mol. The van der Waals surface area contributed by atoms with Gasteiger partial charge in [-0.3, -0.25) is 14.5 Å². The SMILES string of the molecule is CC1(C)CC(=O)N(Cc2ccc(F)c(C#CCN)c2)C1=O. The predicted octanol–water partition coefficient (Wildman–Crippen LogP) is 1.42.